The highest BCUT2D eigenvalue weighted by Crippen LogP contribution is 2.04. The molecule has 0 saturated carbocycles. The molecule has 0 aliphatic rings. The van der Waals surface area contributed by atoms with E-state index >= 15 is 0 Å². The summed E-state index contributed by atoms with van der Waals surface area (Å²) in [6, 6.07) is 3.77. The normalized spacial score (nSPS) is 10.5. The molecule has 0 unspecified atom stereocenters. The molecule has 2 aromatic rings. The summed E-state index contributed by atoms with van der Waals surface area (Å²) in [6.45, 7) is 3.02. The SMILES string of the molecule is CCCn1ccnc1CC(=O)Cc1cccnc1. The molecule has 0 N–H and O–H groups in total. The van der Waals surface area contributed by atoms with Gasteiger partial charge < -0.3 is 4.57 Å². The van der Waals surface area contributed by atoms with Crippen molar-refractivity contribution < 1.29 is 4.79 Å². The van der Waals surface area contributed by atoms with Crippen LogP contribution in [0.2, 0.25) is 0 Å². The summed E-state index contributed by atoms with van der Waals surface area (Å²) in [4.78, 5) is 20.2. The average molecular weight is 243 g/mol. The number of rotatable bonds is 6. The lowest BCUT2D eigenvalue weighted by Gasteiger charge is -2.05. The first-order valence-electron chi connectivity index (χ1n) is 6.20. The van der Waals surface area contributed by atoms with Crippen molar-refractivity contribution in [2.75, 3.05) is 0 Å². The molecule has 94 valence electrons. The van der Waals surface area contributed by atoms with Crippen LogP contribution < -0.4 is 0 Å². The Kier molecular flexibility index (Phi) is 4.23. The van der Waals surface area contributed by atoms with E-state index in [0.29, 0.717) is 12.8 Å². The van der Waals surface area contributed by atoms with Crippen LogP contribution in [0.4, 0.5) is 0 Å². The van der Waals surface area contributed by atoms with Gasteiger partial charge in [-0.05, 0) is 18.1 Å². The molecule has 4 nitrogen and oxygen atoms in total. The molecule has 18 heavy (non-hydrogen) atoms. The summed E-state index contributed by atoms with van der Waals surface area (Å²) >= 11 is 0. The Balaban J connectivity index is 1.97. The predicted octanol–water partition coefficient (Wildman–Crippen LogP) is 2.04. The van der Waals surface area contributed by atoms with E-state index in [4.69, 9.17) is 0 Å². The Morgan fingerprint density at radius 3 is 2.94 bits per heavy atom. The molecule has 2 rings (SSSR count). The van der Waals surface area contributed by atoms with Crippen LogP contribution in [0.3, 0.4) is 0 Å². The second-order valence-electron chi connectivity index (χ2n) is 4.29. The zero-order valence-electron chi connectivity index (χ0n) is 10.5. The van der Waals surface area contributed by atoms with Gasteiger partial charge in [0, 0.05) is 37.8 Å². The first kappa shape index (κ1) is 12.5. The number of aryl methyl sites for hydroxylation is 1. The Labute approximate surface area is 107 Å². The van der Waals surface area contributed by atoms with Crippen molar-refractivity contribution in [3.05, 3.63) is 48.3 Å². The molecular weight excluding hydrogens is 226 g/mol. The fourth-order valence-electron chi connectivity index (χ4n) is 1.92. The number of Topliss-reactive ketones (excluding diaryl/α,β-unsaturated/α-hetero) is 1. The highest BCUT2D eigenvalue weighted by Gasteiger charge is 2.09. The van der Waals surface area contributed by atoms with E-state index in [1.54, 1.807) is 18.6 Å². The third-order valence-electron chi connectivity index (χ3n) is 2.75. The Morgan fingerprint density at radius 1 is 1.33 bits per heavy atom. The maximum atomic E-state index is 12.0. The summed E-state index contributed by atoms with van der Waals surface area (Å²) in [5.41, 5.74) is 0.955. The fourth-order valence-corrected chi connectivity index (χ4v) is 1.92. The van der Waals surface area contributed by atoms with Gasteiger partial charge in [0.1, 0.15) is 11.6 Å². The molecule has 0 fully saturated rings. The number of nitrogens with zero attached hydrogens (tertiary/aromatic N) is 3. The molecule has 0 spiro atoms. The Hall–Kier alpha value is -1.97. The number of carbonyl (C=O) groups excluding carboxylic acids is 1. The monoisotopic (exact) mass is 243 g/mol. The van der Waals surface area contributed by atoms with Crippen LogP contribution in [0, 0.1) is 0 Å². The van der Waals surface area contributed by atoms with E-state index < -0.39 is 0 Å². The van der Waals surface area contributed by atoms with Gasteiger partial charge in [0.2, 0.25) is 0 Å². The highest BCUT2D eigenvalue weighted by atomic mass is 16.1. The second kappa shape index (κ2) is 6.10. The maximum absolute atomic E-state index is 12.0. The number of hydrogen-bond acceptors (Lipinski definition) is 3. The summed E-state index contributed by atoms with van der Waals surface area (Å²) < 4.78 is 2.04. The summed E-state index contributed by atoms with van der Waals surface area (Å²) in [5, 5.41) is 0. The topological polar surface area (TPSA) is 47.8 Å². The molecule has 0 aliphatic heterocycles. The van der Waals surface area contributed by atoms with Crippen LogP contribution >= 0.6 is 0 Å². The molecule has 0 radical (unpaired) electrons. The second-order valence-corrected chi connectivity index (χ2v) is 4.29. The van der Waals surface area contributed by atoms with Crippen LogP contribution in [0.15, 0.2) is 36.9 Å². The highest BCUT2D eigenvalue weighted by molar-refractivity contribution is 5.82. The van der Waals surface area contributed by atoms with Crippen molar-refractivity contribution in [2.24, 2.45) is 0 Å². The van der Waals surface area contributed by atoms with Gasteiger partial charge in [-0.25, -0.2) is 4.98 Å². The number of aromatic nitrogens is 3. The van der Waals surface area contributed by atoms with E-state index in [-0.39, 0.29) is 5.78 Å². The van der Waals surface area contributed by atoms with Crippen molar-refractivity contribution in [1.29, 1.82) is 0 Å². The minimum absolute atomic E-state index is 0.173. The van der Waals surface area contributed by atoms with Crippen LogP contribution in [-0.2, 0) is 24.2 Å². The Bertz CT molecular complexity index is 505. The van der Waals surface area contributed by atoms with Gasteiger partial charge in [-0.2, -0.15) is 0 Å². The van der Waals surface area contributed by atoms with E-state index in [0.717, 1.165) is 24.4 Å². The van der Waals surface area contributed by atoms with E-state index in [1.165, 1.54) is 0 Å². The standard InChI is InChI=1S/C14H17N3O/c1-2-7-17-8-6-16-14(17)10-13(18)9-12-4-3-5-15-11-12/h3-6,8,11H,2,7,9-10H2,1H3. The van der Waals surface area contributed by atoms with Gasteiger partial charge in [0.25, 0.3) is 0 Å². The van der Waals surface area contributed by atoms with Crippen LogP contribution in [0.5, 0.6) is 0 Å². The summed E-state index contributed by atoms with van der Waals surface area (Å²) in [7, 11) is 0. The zero-order chi connectivity index (χ0) is 12.8. The molecule has 0 aliphatic carbocycles. The summed E-state index contributed by atoms with van der Waals surface area (Å²) in [5.74, 6) is 1.03. The molecular formula is C14H17N3O. The largest absolute Gasteiger partial charge is 0.335 e. The first-order chi connectivity index (χ1) is 8.79. The van der Waals surface area contributed by atoms with Crippen molar-refractivity contribution in [3.63, 3.8) is 0 Å². The molecule has 0 saturated heterocycles. The van der Waals surface area contributed by atoms with E-state index in [1.807, 2.05) is 22.9 Å². The minimum Gasteiger partial charge on any atom is -0.335 e. The lowest BCUT2D eigenvalue weighted by atomic mass is 10.1. The van der Waals surface area contributed by atoms with Gasteiger partial charge in [0.15, 0.2) is 0 Å². The van der Waals surface area contributed by atoms with E-state index in [2.05, 4.69) is 16.9 Å². The quantitative estimate of drug-likeness (QED) is 0.780. The number of ketones is 1. The third-order valence-corrected chi connectivity index (χ3v) is 2.75. The molecule has 0 amide bonds. The molecule has 0 atom stereocenters. The zero-order valence-corrected chi connectivity index (χ0v) is 10.5. The Morgan fingerprint density at radius 2 is 2.22 bits per heavy atom. The number of carbonyl (C=O) groups is 1. The van der Waals surface area contributed by atoms with Crippen molar-refractivity contribution in [1.82, 2.24) is 14.5 Å². The first-order valence-corrected chi connectivity index (χ1v) is 6.20. The number of imidazole rings is 1. The summed E-state index contributed by atoms with van der Waals surface area (Å²) in [6.07, 6.45) is 8.98. The van der Waals surface area contributed by atoms with Crippen LogP contribution in [0.1, 0.15) is 24.7 Å². The molecule has 2 aromatic heterocycles. The van der Waals surface area contributed by atoms with Crippen molar-refractivity contribution >= 4 is 5.78 Å². The van der Waals surface area contributed by atoms with Gasteiger partial charge in [0.05, 0.1) is 6.42 Å². The van der Waals surface area contributed by atoms with Crippen LogP contribution in [0.25, 0.3) is 0 Å². The van der Waals surface area contributed by atoms with Gasteiger partial charge >= 0.3 is 0 Å². The van der Waals surface area contributed by atoms with Crippen LogP contribution in [-0.4, -0.2) is 20.3 Å². The number of pyridine rings is 1. The average Bonchev–Trinajstić information content (AvgIpc) is 2.78. The molecule has 0 aromatic carbocycles. The van der Waals surface area contributed by atoms with Crippen molar-refractivity contribution in [3.8, 4) is 0 Å². The molecule has 4 heteroatoms. The third kappa shape index (κ3) is 3.26. The lowest BCUT2D eigenvalue weighted by Crippen LogP contribution is -2.12. The van der Waals surface area contributed by atoms with Gasteiger partial charge in [-0.15, -0.1) is 0 Å². The van der Waals surface area contributed by atoms with E-state index in [9.17, 15) is 4.79 Å². The molecule has 2 heterocycles. The predicted molar refractivity (Wildman–Crippen MR) is 69.2 cm³/mol. The van der Waals surface area contributed by atoms with Gasteiger partial charge in [-0.1, -0.05) is 13.0 Å². The lowest BCUT2D eigenvalue weighted by molar-refractivity contribution is -0.117. The number of hydrogen-bond donors (Lipinski definition) is 0. The van der Waals surface area contributed by atoms with Gasteiger partial charge in [-0.3, -0.25) is 9.78 Å². The smallest absolute Gasteiger partial charge is 0.144 e. The van der Waals surface area contributed by atoms with Crippen molar-refractivity contribution in [2.45, 2.75) is 32.7 Å². The molecule has 0 bridgehead atoms. The minimum atomic E-state index is 0.173. The fraction of sp³-hybridized carbons (Fsp3) is 0.357. The maximum Gasteiger partial charge on any atom is 0.144 e.